The van der Waals surface area contributed by atoms with Crippen molar-refractivity contribution in [2.45, 2.75) is 13.3 Å². The van der Waals surface area contributed by atoms with E-state index >= 15 is 0 Å². The number of rotatable bonds is 4. The summed E-state index contributed by atoms with van der Waals surface area (Å²) in [5.74, 6) is -2.33. The maximum atomic E-state index is 13.6. The molecular weight excluding hydrogens is 299 g/mol. The summed E-state index contributed by atoms with van der Waals surface area (Å²) in [6, 6.07) is 5.62. The number of aromatic amines is 1. The molecule has 1 aromatic carbocycles. The number of carboxylic acid groups (broad SMARTS) is 1. The molecule has 0 aliphatic rings. The number of halogens is 2. The van der Waals surface area contributed by atoms with Gasteiger partial charge in [-0.1, -0.05) is 17.7 Å². The molecular formula is C14H12ClFN2O3. The summed E-state index contributed by atoms with van der Waals surface area (Å²) in [5.41, 5.74) is 0.672. The first kappa shape index (κ1) is 15.1. The van der Waals surface area contributed by atoms with E-state index in [1.807, 2.05) is 0 Å². The minimum atomic E-state index is -1.19. The van der Waals surface area contributed by atoms with Crippen molar-refractivity contribution in [3.05, 3.63) is 52.1 Å². The van der Waals surface area contributed by atoms with Gasteiger partial charge in [0.15, 0.2) is 0 Å². The molecule has 2 aromatic rings. The van der Waals surface area contributed by atoms with Gasteiger partial charge in [0.1, 0.15) is 11.5 Å². The summed E-state index contributed by atoms with van der Waals surface area (Å²) >= 11 is 5.84. The number of carboxylic acids is 1. The molecule has 5 nitrogen and oxygen atoms in total. The molecule has 0 spiro atoms. The van der Waals surface area contributed by atoms with Crippen molar-refractivity contribution < 1.29 is 19.1 Å². The molecule has 1 aromatic heterocycles. The molecule has 0 aliphatic heterocycles. The second kappa shape index (κ2) is 5.97. The standard InChI is InChI=1S/C14H12ClFN2O3/c1-7-5-11(13(17-7)14(20)21)18-12(19)6-8-9(15)3-2-4-10(8)16/h2-5,17H,6H2,1H3,(H,18,19)(H,20,21). The lowest BCUT2D eigenvalue weighted by Gasteiger charge is -2.07. The van der Waals surface area contributed by atoms with Crippen molar-refractivity contribution in [2.24, 2.45) is 0 Å². The van der Waals surface area contributed by atoms with E-state index in [1.54, 1.807) is 6.92 Å². The lowest BCUT2D eigenvalue weighted by Crippen LogP contribution is -2.17. The van der Waals surface area contributed by atoms with E-state index in [9.17, 15) is 14.0 Å². The van der Waals surface area contributed by atoms with E-state index in [4.69, 9.17) is 16.7 Å². The monoisotopic (exact) mass is 310 g/mol. The average Bonchev–Trinajstić information content (AvgIpc) is 2.75. The second-order valence-electron chi connectivity index (χ2n) is 4.47. The zero-order chi connectivity index (χ0) is 15.6. The molecule has 0 atom stereocenters. The van der Waals surface area contributed by atoms with Gasteiger partial charge >= 0.3 is 5.97 Å². The van der Waals surface area contributed by atoms with Gasteiger partial charge in [0.25, 0.3) is 0 Å². The molecule has 21 heavy (non-hydrogen) atoms. The Morgan fingerprint density at radius 3 is 2.76 bits per heavy atom. The van der Waals surface area contributed by atoms with Crippen molar-refractivity contribution in [1.82, 2.24) is 4.98 Å². The van der Waals surface area contributed by atoms with Crippen LogP contribution in [0.2, 0.25) is 5.02 Å². The molecule has 0 saturated carbocycles. The van der Waals surface area contributed by atoms with Crippen molar-refractivity contribution in [1.29, 1.82) is 0 Å². The molecule has 0 bridgehead atoms. The molecule has 7 heteroatoms. The van der Waals surface area contributed by atoms with Crippen LogP contribution in [-0.4, -0.2) is 22.0 Å². The van der Waals surface area contributed by atoms with Crippen LogP contribution in [0, 0.1) is 12.7 Å². The summed E-state index contributed by atoms with van der Waals surface area (Å²) in [5, 5.41) is 11.6. The predicted molar refractivity (Wildman–Crippen MR) is 76.2 cm³/mol. The molecule has 1 amide bonds. The molecule has 0 unspecified atom stereocenters. The molecule has 3 N–H and O–H groups in total. The van der Waals surface area contributed by atoms with Crippen LogP contribution in [-0.2, 0) is 11.2 Å². The fraction of sp³-hybridized carbons (Fsp3) is 0.143. The van der Waals surface area contributed by atoms with Crippen molar-refractivity contribution in [3.63, 3.8) is 0 Å². The number of aromatic nitrogens is 1. The first-order valence-electron chi connectivity index (χ1n) is 6.04. The van der Waals surface area contributed by atoms with Crippen LogP contribution in [0.15, 0.2) is 24.3 Å². The summed E-state index contributed by atoms with van der Waals surface area (Å²) < 4.78 is 13.6. The fourth-order valence-corrected chi connectivity index (χ4v) is 2.14. The number of nitrogens with one attached hydrogen (secondary N) is 2. The number of hydrogen-bond donors (Lipinski definition) is 3. The third-order valence-corrected chi connectivity index (χ3v) is 3.19. The predicted octanol–water partition coefficient (Wildman–Crippen LogP) is 3.00. The van der Waals surface area contributed by atoms with E-state index in [0.29, 0.717) is 5.69 Å². The SMILES string of the molecule is Cc1cc(NC(=O)Cc2c(F)cccc2Cl)c(C(=O)O)[nH]1. The van der Waals surface area contributed by atoms with Crippen molar-refractivity contribution in [2.75, 3.05) is 5.32 Å². The van der Waals surface area contributed by atoms with E-state index < -0.39 is 17.7 Å². The molecule has 1 heterocycles. The number of carbonyl (C=O) groups excluding carboxylic acids is 1. The van der Waals surface area contributed by atoms with Gasteiger partial charge < -0.3 is 15.4 Å². The van der Waals surface area contributed by atoms with Crippen LogP contribution in [0.5, 0.6) is 0 Å². The van der Waals surface area contributed by atoms with E-state index in [2.05, 4.69) is 10.3 Å². The van der Waals surface area contributed by atoms with Crippen molar-refractivity contribution in [3.8, 4) is 0 Å². The zero-order valence-corrected chi connectivity index (χ0v) is 11.8. The Bertz CT molecular complexity index is 692. The fourth-order valence-electron chi connectivity index (χ4n) is 1.91. The Hall–Kier alpha value is -2.34. The molecule has 2 rings (SSSR count). The highest BCUT2D eigenvalue weighted by molar-refractivity contribution is 6.31. The Morgan fingerprint density at radius 2 is 2.14 bits per heavy atom. The Morgan fingerprint density at radius 1 is 1.43 bits per heavy atom. The normalized spacial score (nSPS) is 10.4. The van der Waals surface area contributed by atoms with E-state index in [0.717, 1.165) is 0 Å². The molecule has 0 saturated heterocycles. The van der Waals surface area contributed by atoms with Gasteiger partial charge in [0, 0.05) is 16.3 Å². The van der Waals surface area contributed by atoms with Gasteiger partial charge in [-0.3, -0.25) is 4.79 Å². The molecule has 0 fully saturated rings. The highest BCUT2D eigenvalue weighted by Crippen LogP contribution is 2.21. The average molecular weight is 311 g/mol. The van der Waals surface area contributed by atoms with E-state index in [1.165, 1.54) is 24.3 Å². The number of benzene rings is 1. The number of H-pyrrole nitrogens is 1. The quantitative estimate of drug-likeness (QED) is 0.812. The first-order valence-corrected chi connectivity index (χ1v) is 6.42. The Labute approximate surface area is 124 Å². The Kier molecular flexibility index (Phi) is 4.28. The summed E-state index contributed by atoms with van der Waals surface area (Å²) in [7, 11) is 0. The minimum absolute atomic E-state index is 0.0702. The summed E-state index contributed by atoms with van der Waals surface area (Å²) in [6.45, 7) is 1.66. The largest absolute Gasteiger partial charge is 0.477 e. The van der Waals surface area contributed by atoms with Gasteiger partial charge in [-0.2, -0.15) is 0 Å². The molecule has 0 radical (unpaired) electrons. The van der Waals surface area contributed by atoms with Crippen molar-refractivity contribution >= 4 is 29.2 Å². The van der Waals surface area contributed by atoms with Crippen LogP contribution in [0.25, 0.3) is 0 Å². The number of amides is 1. The number of aromatic carboxylic acids is 1. The Balaban J connectivity index is 2.18. The summed E-state index contributed by atoms with van der Waals surface area (Å²) in [6.07, 6.45) is -0.283. The lowest BCUT2D eigenvalue weighted by atomic mass is 10.1. The third-order valence-electron chi connectivity index (χ3n) is 2.84. The van der Waals surface area contributed by atoms with Crippen LogP contribution in [0.1, 0.15) is 21.7 Å². The van der Waals surface area contributed by atoms with Crippen LogP contribution in [0.4, 0.5) is 10.1 Å². The molecule has 0 aliphatic carbocycles. The maximum absolute atomic E-state index is 13.6. The lowest BCUT2D eigenvalue weighted by molar-refractivity contribution is -0.115. The van der Waals surface area contributed by atoms with Gasteiger partial charge in [-0.25, -0.2) is 9.18 Å². The van der Waals surface area contributed by atoms with E-state index in [-0.39, 0.29) is 28.4 Å². The first-order chi connectivity index (χ1) is 9.88. The van der Waals surface area contributed by atoms with Crippen LogP contribution >= 0.6 is 11.6 Å². The van der Waals surface area contributed by atoms with Gasteiger partial charge in [0.05, 0.1) is 12.1 Å². The number of anilines is 1. The van der Waals surface area contributed by atoms with Gasteiger partial charge in [0.2, 0.25) is 5.91 Å². The second-order valence-corrected chi connectivity index (χ2v) is 4.88. The zero-order valence-electron chi connectivity index (χ0n) is 11.0. The number of carbonyl (C=O) groups is 2. The number of hydrogen-bond acceptors (Lipinski definition) is 2. The topological polar surface area (TPSA) is 82.2 Å². The third kappa shape index (κ3) is 3.41. The highest BCUT2D eigenvalue weighted by atomic mass is 35.5. The maximum Gasteiger partial charge on any atom is 0.354 e. The van der Waals surface area contributed by atoms with Crippen LogP contribution in [0.3, 0.4) is 0 Å². The van der Waals surface area contributed by atoms with Crippen LogP contribution < -0.4 is 5.32 Å². The van der Waals surface area contributed by atoms with Gasteiger partial charge in [-0.05, 0) is 25.1 Å². The summed E-state index contributed by atoms with van der Waals surface area (Å²) in [4.78, 5) is 25.6. The smallest absolute Gasteiger partial charge is 0.354 e. The minimum Gasteiger partial charge on any atom is -0.477 e. The highest BCUT2D eigenvalue weighted by Gasteiger charge is 2.17. The molecule has 110 valence electrons. The number of aryl methyl sites for hydroxylation is 1. The van der Waals surface area contributed by atoms with Gasteiger partial charge in [-0.15, -0.1) is 0 Å².